The Kier molecular flexibility index (Phi) is 5.83. The second-order valence-electron chi connectivity index (χ2n) is 4.64. The first-order valence-corrected chi connectivity index (χ1v) is 7.29. The fourth-order valence-corrected chi connectivity index (χ4v) is 3.37. The summed E-state index contributed by atoms with van der Waals surface area (Å²) in [6.07, 6.45) is 5.80. The van der Waals surface area contributed by atoms with Gasteiger partial charge in [0.15, 0.2) is 8.03 Å². The van der Waals surface area contributed by atoms with E-state index in [1.54, 1.807) is 0 Å². The average molecular weight is 235 g/mol. The molecule has 15 heavy (non-hydrogen) atoms. The van der Waals surface area contributed by atoms with E-state index >= 15 is 0 Å². The van der Waals surface area contributed by atoms with Crippen LogP contribution in [0.4, 0.5) is 0 Å². The lowest BCUT2D eigenvalue weighted by molar-refractivity contribution is 0.151. The minimum absolute atomic E-state index is 0.412. The number of aliphatic hydroxyl groups is 1. The Morgan fingerprint density at radius 2 is 2.07 bits per heavy atom. The lowest BCUT2D eigenvalue weighted by atomic mass is 9.80. The van der Waals surface area contributed by atoms with E-state index in [1.165, 1.54) is 6.42 Å². The van der Waals surface area contributed by atoms with Crippen LogP contribution in [-0.4, -0.2) is 22.4 Å². The molecule has 90 valence electrons. The summed E-state index contributed by atoms with van der Waals surface area (Å²) in [5.41, 5.74) is 5.30. The zero-order chi connectivity index (χ0) is 11.3. The van der Waals surface area contributed by atoms with Crippen molar-refractivity contribution in [2.45, 2.75) is 44.8 Å². The highest BCUT2D eigenvalue weighted by Gasteiger charge is 2.23. The van der Waals surface area contributed by atoms with Gasteiger partial charge >= 0.3 is 0 Å². The molecule has 4 unspecified atom stereocenters. The van der Waals surface area contributed by atoms with Crippen molar-refractivity contribution in [2.24, 2.45) is 17.6 Å². The van der Waals surface area contributed by atoms with Gasteiger partial charge in [-0.2, -0.15) is 0 Å². The fourth-order valence-electron chi connectivity index (χ4n) is 2.50. The molecule has 1 rings (SSSR count). The van der Waals surface area contributed by atoms with Gasteiger partial charge in [-0.05, 0) is 37.5 Å². The van der Waals surface area contributed by atoms with Crippen LogP contribution in [0.1, 0.15) is 38.5 Å². The molecule has 0 bridgehead atoms. The average Bonchev–Trinajstić information content (AvgIpc) is 2.14. The van der Waals surface area contributed by atoms with Gasteiger partial charge in [-0.25, -0.2) is 0 Å². The Balaban J connectivity index is 2.25. The molecule has 0 heterocycles. The van der Waals surface area contributed by atoms with E-state index in [0.29, 0.717) is 24.4 Å². The SMILES string of the molecule is NC(O)CCC1CCCC(C[PH](=O)O)C1. The molecule has 0 aromatic rings. The van der Waals surface area contributed by atoms with Crippen LogP contribution in [0.5, 0.6) is 0 Å². The van der Waals surface area contributed by atoms with Crippen molar-refractivity contribution in [1.82, 2.24) is 0 Å². The van der Waals surface area contributed by atoms with Crippen molar-refractivity contribution in [3.8, 4) is 0 Å². The van der Waals surface area contributed by atoms with Gasteiger partial charge in [0.1, 0.15) is 6.23 Å². The molecule has 1 saturated carbocycles. The molecular formula is C10H22NO3P. The van der Waals surface area contributed by atoms with Crippen molar-refractivity contribution in [2.75, 3.05) is 6.16 Å². The first-order chi connectivity index (χ1) is 7.08. The third kappa shape index (κ3) is 5.67. The number of nitrogens with two attached hydrogens (primary N) is 1. The van der Waals surface area contributed by atoms with Gasteiger partial charge in [-0.3, -0.25) is 4.57 Å². The summed E-state index contributed by atoms with van der Waals surface area (Å²) < 4.78 is 10.8. The summed E-state index contributed by atoms with van der Waals surface area (Å²) in [6.45, 7) is 0. The molecule has 1 aliphatic rings. The maximum atomic E-state index is 10.8. The van der Waals surface area contributed by atoms with Crippen LogP contribution in [0, 0.1) is 11.8 Å². The summed E-state index contributed by atoms with van der Waals surface area (Å²) in [4.78, 5) is 8.90. The van der Waals surface area contributed by atoms with E-state index in [1.807, 2.05) is 0 Å². The molecule has 5 heteroatoms. The zero-order valence-electron chi connectivity index (χ0n) is 9.06. The maximum absolute atomic E-state index is 10.8. The lowest BCUT2D eigenvalue weighted by Gasteiger charge is -2.28. The van der Waals surface area contributed by atoms with Crippen molar-refractivity contribution >= 4 is 8.03 Å². The van der Waals surface area contributed by atoms with Gasteiger partial charge in [-0.15, -0.1) is 0 Å². The maximum Gasteiger partial charge on any atom is 0.189 e. The number of hydrogen-bond acceptors (Lipinski definition) is 3. The molecule has 0 aromatic carbocycles. The van der Waals surface area contributed by atoms with Gasteiger partial charge in [0.05, 0.1) is 0 Å². The van der Waals surface area contributed by atoms with E-state index in [0.717, 1.165) is 25.7 Å². The van der Waals surface area contributed by atoms with Crippen LogP contribution in [0.3, 0.4) is 0 Å². The van der Waals surface area contributed by atoms with Crippen LogP contribution < -0.4 is 5.73 Å². The Bertz CT molecular complexity index is 211. The molecule has 4 nitrogen and oxygen atoms in total. The van der Waals surface area contributed by atoms with Crippen LogP contribution in [0.2, 0.25) is 0 Å². The van der Waals surface area contributed by atoms with Gasteiger partial charge in [-0.1, -0.05) is 12.8 Å². The van der Waals surface area contributed by atoms with Crippen molar-refractivity contribution in [1.29, 1.82) is 0 Å². The Hall–Kier alpha value is 0.110. The zero-order valence-corrected chi connectivity index (χ0v) is 10.1. The molecule has 1 aliphatic carbocycles. The predicted molar refractivity (Wildman–Crippen MR) is 61.0 cm³/mol. The standard InChI is InChI=1S/C10H22NO3P/c11-10(12)5-4-8-2-1-3-9(6-8)7-15(13)14/h8-10,12,15H,1-7,11H2,(H,13,14). The molecule has 1 fully saturated rings. The van der Waals surface area contributed by atoms with Gasteiger partial charge in [0, 0.05) is 6.16 Å². The first kappa shape index (κ1) is 13.2. The molecule has 4 atom stereocenters. The van der Waals surface area contributed by atoms with Crippen molar-refractivity contribution in [3.63, 3.8) is 0 Å². The second-order valence-corrected chi connectivity index (χ2v) is 5.84. The summed E-state index contributed by atoms with van der Waals surface area (Å²) in [5, 5.41) is 8.99. The smallest absolute Gasteiger partial charge is 0.189 e. The molecule has 0 aromatic heterocycles. The quantitative estimate of drug-likeness (QED) is 0.495. The third-order valence-electron chi connectivity index (χ3n) is 3.23. The van der Waals surface area contributed by atoms with Gasteiger partial charge in [0.25, 0.3) is 0 Å². The highest BCUT2D eigenvalue weighted by Crippen LogP contribution is 2.35. The van der Waals surface area contributed by atoms with E-state index in [2.05, 4.69) is 0 Å². The van der Waals surface area contributed by atoms with E-state index in [9.17, 15) is 4.57 Å². The largest absolute Gasteiger partial charge is 0.379 e. The van der Waals surface area contributed by atoms with Gasteiger partial charge < -0.3 is 15.7 Å². The third-order valence-corrected chi connectivity index (χ3v) is 4.15. The summed E-state index contributed by atoms with van der Waals surface area (Å²) in [7, 11) is -2.31. The number of hydrogen-bond donors (Lipinski definition) is 3. The van der Waals surface area contributed by atoms with Crippen LogP contribution in [-0.2, 0) is 4.57 Å². The minimum atomic E-state index is -2.31. The highest BCUT2D eigenvalue weighted by atomic mass is 31.1. The highest BCUT2D eigenvalue weighted by molar-refractivity contribution is 7.38. The number of aliphatic hydroxyl groups excluding tert-OH is 1. The summed E-state index contributed by atoms with van der Waals surface area (Å²) >= 11 is 0. The monoisotopic (exact) mass is 235 g/mol. The van der Waals surface area contributed by atoms with Crippen LogP contribution in [0.25, 0.3) is 0 Å². The van der Waals surface area contributed by atoms with Crippen molar-refractivity contribution < 1.29 is 14.6 Å². The molecule has 0 amide bonds. The van der Waals surface area contributed by atoms with E-state index < -0.39 is 14.3 Å². The second kappa shape index (κ2) is 6.64. The Morgan fingerprint density at radius 1 is 1.40 bits per heavy atom. The van der Waals surface area contributed by atoms with Gasteiger partial charge in [0.2, 0.25) is 0 Å². The molecule has 0 spiro atoms. The van der Waals surface area contributed by atoms with Crippen LogP contribution in [0.15, 0.2) is 0 Å². The van der Waals surface area contributed by atoms with E-state index in [-0.39, 0.29) is 0 Å². The first-order valence-electron chi connectivity index (χ1n) is 5.73. The fraction of sp³-hybridized carbons (Fsp3) is 1.00. The number of rotatable bonds is 5. The van der Waals surface area contributed by atoms with Crippen molar-refractivity contribution in [3.05, 3.63) is 0 Å². The normalized spacial score (nSPS) is 31.1. The minimum Gasteiger partial charge on any atom is -0.379 e. The van der Waals surface area contributed by atoms with E-state index in [4.69, 9.17) is 15.7 Å². The topological polar surface area (TPSA) is 83.5 Å². The molecule has 0 radical (unpaired) electrons. The summed E-state index contributed by atoms with van der Waals surface area (Å²) in [5.74, 6) is 0.998. The lowest BCUT2D eigenvalue weighted by Crippen LogP contribution is -2.22. The summed E-state index contributed by atoms with van der Waals surface area (Å²) in [6, 6.07) is 0. The molecule has 0 aliphatic heterocycles. The Labute approximate surface area is 91.7 Å². The molecule has 0 saturated heterocycles. The van der Waals surface area contributed by atoms with Crippen LogP contribution >= 0.6 is 8.03 Å². The molecular weight excluding hydrogens is 213 g/mol. The molecule has 4 N–H and O–H groups in total. The predicted octanol–water partition coefficient (Wildman–Crippen LogP) is 1.32. The Morgan fingerprint density at radius 3 is 2.67 bits per heavy atom.